The van der Waals surface area contributed by atoms with Gasteiger partial charge in [0.25, 0.3) is 5.91 Å². The van der Waals surface area contributed by atoms with Crippen LogP contribution in [0.25, 0.3) is 0 Å². The zero-order valence-electron chi connectivity index (χ0n) is 9.41. The molecule has 0 aliphatic carbocycles. The molecular formula is C12H15IN2O2. The third kappa shape index (κ3) is 3.93. The first-order valence-electron chi connectivity index (χ1n) is 5.60. The van der Waals surface area contributed by atoms with Crippen molar-refractivity contribution in [2.24, 2.45) is 0 Å². The fourth-order valence-electron chi connectivity index (χ4n) is 1.67. The summed E-state index contributed by atoms with van der Waals surface area (Å²) in [4.78, 5) is 11.8. The van der Waals surface area contributed by atoms with Crippen molar-refractivity contribution in [3.8, 4) is 0 Å². The molecule has 0 bridgehead atoms. The Morgan fingerprint density at radius 3 is 2.88 bits per heavy atom. The normalized spacial score (nSPS) is 19.9. The van der Waals surface area contributed by atoms with Gasteiger partial charge in [-0.15, -0.1) is 0 Å². The van der Waals surface area contributed by atoms with Gasteiger partial charge in [0.05, 0.1) is 13.2 Å². The molecule has 1 aromatic rings. The summed E-state index contributed by atoms with van der Waals surface area (Å²) in [6.45, 7) is 2.86. The molecule has 1 unspecified atom stereocenters. The molecule has 1 fully saturated rings. The van der Waals surface area contributed by atoms with E-state index in [-0.39, 0.29) is 11.9 Å². The Labute approximate surface area is 114 Å². The lowest BCUT2D eigenvalue weighted by molar-refractivity contribution is 0.0734. The second-order valence-corrected chi connectivity index (χ2v) is 5.19. The van der Waals surface area contributed by atoms with E-state index in [1.165, 1.54) is 0 Å². The van der Waals surface area contributed by atoms with Crippen LogP contribution < -0.4 is 10.6 Å². The minimum Gasteiger partial charge on any atom is -0.378 e. The molecule has 1 atom stereocenters. The van der Waals surface area contributed by atoms with Gasteiger partial charge in [-0.1, -0.05) is 0 Å². The number of nitrogens with one attached hydrogen (secondary N) is 2. The maximum absolute atomic E-state index is 11.8. The lowest BCUT2D eigenvalue weighted by Crippen LogP contribution is -2.48. The van der Waals surface area contributed by atoms with Crippen LogP contribution in [0, 0.1) is 3.57 Å². The van der Waals surface area contributed by atoms with Gasteiger partial charge in [-0.2, -0.15) is 0 Å². The number of hydrogen-bond acceptors (Lipinski definition) is 3. The number of carbonyl (C=O) groups is 1. The van der Waals surface area contributed by atoms with Crippen molar-refractivity contribution in [1.29, 1.82) is 0 Å². The summed E-state index contributed by atoms with van der Waals surface area (Å²) >= 11 is 2.22. The second kappa shape index (κ2) is 6.32. The standard InChI is InChI=1S/C12H15IN2O2/c13-10-3-1-9(2-4-10)12(16)15-7-11-8-17-6-5-14-11/h1-4,11,14H,5-8H2,(H,15,16). The molecule has 2 N–H and O–H groups in total. The van der Waals surface area contributed by atoms with Gasteiger partial charge in [-0.25, -0.2) is 0 Å². The third-order valence-corrected chi connectivity index (χ3v) is 3.33. The molecule has 2 rings (SSSR count). The van der Waals surface area contributed by atoms with E-state index in [1.807, 2.05) is 24.3 Å². The molecule has 0 spiro atoms. The second-order valence-electron chi connectivity index (χ2n) is 3.94. The number of benzene rings is 1. The van der Waals surface area contributed by atoms with Gasteiger partial charge in [0.1, 0.15) is 0 Å². The number of hydrogen-bond donors (Lipinski definition) is 2. The summed E-state index contributed by atoms with van der Waals surface area (Å²) in [5.41, 5.74) is 0.696. The van der Waals surface area contributed by atoms with Crippen LogP contribution in [-0.2, 0) is 4.74 Å². The van der Waals surface area contributed by atoms with Gasteiger partial charge in [-0.05, 0) is 46.9 Å². The van der Waals surface area contributed by atoms with E-state index in [9.17, 15) is 4.79 Å². The van der Waals surface area contributed by atoms with Gasteiger partial charge < -0.3 is 15.4 Å². The number of ether oxygens (including phenoxy) is 1. The van der Waals surface area contributed by atoms with Crippen molar-refractivity contribution in [2.75, 3.05) is 26.3 Å². The predicted molar refractivity (Wildman–Crippen MR) is 74.1 cm³/mol. The topological polar surface area (TPSA) is 50.4 Å². The predicted octanol–water partition coefficient (Wildman–Crippen LogP) is 1.01. The smallest absolute Gasteiger partial charge is 0.251 e. The molecule has 1 aliphatic rings. The molecule has 0 saturated carbocycles. The van der Waals surface area contributed by atoms with Crippen molar-refractivity contribution in [1.82, 2.24) is 10.6 Å². The van der Waals surface area contributed by atoms with Gasteiger partial charge in [0, 0.05) is 28.3 Å². The number of halogens is 1. The summed E-state index contributed by atoms with van der Waals surface area (Å²) < 4.78 is 6.45. The highest BCUT2D eigenvalue weighted by Gasteiger charge is 2.14. The SMILES string of the molecule is O=C(NCC1COCCN1)c1ccc(I)cc1. The summed E-state index contributed by atoms with van der Waals surface area (Å²) in [6, 6.07) is 7.75. The molecule has 1 aliphatic heterocycles. The fraction of sp³-hybridized carbons (Fsp3) is 0.417. The van der Waals surface area contributed by atoms with Crippen molar-refractivity contribution >= 4 is 28.5 Å². The molecule has 0 radical (unpaired) electrons. The minimum absolute atomic E-state index is 0.0335. The Kier molecular flexibility index (Phi) is 4.75. The number of rotatable bonds is 3. The van der Waals surface area contributed by atoms with Crippen molar-refractivity contribution in [3.05, 3.63) is 33.4 Å². The highest BCUT2D eigenvalue weighted by atomic mass is 127. The zero-order chi connectivity index (χ0) is 12.1. The van der Waals surface area contributed by atoms with Gasteiger partial charge in [0.2, 0.25) is 0 Å². The van der Waals surface area contributed by atoms with Gasteiger partial charge in [-0.3, -0.25) is 4.79 Å². The molecule has 92 valence electrons. The van der Waals surface area contributed by atoms with Crippen LogP contribution in [0.4, 0.5) is 0 Å². The van der Waals surface area contributed by atoms with Crippen LogP contribution in [0.15, 0.2) is 24.3 Å². The van der Waals surface area contributed by atoms with E-state index in [0.29, 0.717) is 18.7 Å². The average molecular weight is 346 g/mol. The molecule has 17 heavy (non-hydrogen) atoms. The van der Waals surface area contributed by atoms with Crippen molar-refractivity contribution in [2.45, 2.75) is 6.04 Å². The first-order chi connectivity index (χ1) is 8.25. The molecular weight excluding hydrogens is 331 g/mol. The maximum atomic E-state index is 11.8. The first-order valence-corrected chi connectivity index (χ1v) is 6.68. The van der Waals surface area contributed by atoms with Crippen LogP contribution >= 0.6 is 22.6 Å². The van der Waals surface area contributed by atoms with Crippen molar-refractivity contribution < 1.29 is 9.53 Å². The lowest BCUT2D eigenvalue weighted by atomic mass is 10.2. The highest BCUT2D eigenvalue weighted by Crippen LogP contribution is 2.06. The molecule has 1 heterocycles. The molecule has 4 nitrogen and oxygen atoms in total. The van der Waals surface area contributed by atoms with E-state index in [2.05, 4.69) is 33.2 Å². The minimum atomic E-state index is -0.0335. The summed E-state index contributed by atoms with van der Waals surface area (Å²) in [5.74, 6) is -0.0335. The average Bonchev–Trinajstić information content (AvgIpc) is 2.38. The molecule has 1 amide bonds. The first kappa shape index (κ1) is 12.8. The van der Waals surface area contributed by atoms with Gasteiger partial charge in [0.15, 0.2) is 0 Å². The number of morpholine rings is 1. The fourth-order valence-corrected chi connectivity index (χ4v) is 2.03. The molecule has 0 aromatic heterocycles. The summed E-state index contributed by atoms with van der Waals surface area (Å²) in [7, 11) is 0. The van der Waals surface area contributed by atoms with Crippen LogP contribution in [0.5, 0.6) is 0 Å². The monoisotopic (exact) mass is 346 g/mol. The van der Waals surface area contributed by atoms with Crippen molar-refractivity contribution in [3.63, 3.8) is 0 Å². The maximum Gasteiger partial charge on any atom is 0.251 e. The number of carbonyl (C=O) groups excluding carboxylic acids is 1. The largest absolute Gasteiger partial charge is 0.378 e. The quantitative estimate of drug-likeness (QED) is 0.804. The van der Waals surface area contributed by atoms with E-state index in [4.69, 9.17) is 4.74 Å². The molecule has 1 aromatic carbocycles. The van der Waals surface area contributed by atoms with Crippen LogP contribution in [-0.4, -0.2) is 38.3 Å². The van der Waals surface area contributed by atoms with Crippen LogP contribution in [0.1, 0.15) is 10.4 Å². The van der Waals surface area contributed by atoms with Crippen LogP contribution in [0.3, 0.4) is 0 Å². The molecule has 5 heteroatoms. The van der Waals surface area contributed by atoms with Crippen LogP contribution in [0.2, 0.25) is 0 Å². The Morgan fingerprint density at radius 2 is 2.24 bits per heavy atom. The summed E-state index contributed by atoms with van der Waals surface area (Å²) in [5, 5.41) is 6.20. The molecule has 1 saturated heterocycles. The highest BCUT2D eigenvalue weighted by molar-refractivity contribution is 14.1. The Morgan fingerprint density at radius 1 is 1.47 bits per heavy atom. The zero-order valence-corrected chi connectivity index (χ0v) is 11.6. The number of amides is 1. The van der Waals surface area contributed by atoms with Gasteiger partial charge >= 0.3 is 0 Å². The Hall–Kier alpha value is -0.660. The Bertz CT molecular complexity index is 375. The van der Waals surface area contributed by atoms with E-state index in [1.54, 1.807) is 0 Å². The van der Waals surface area contributed by atoms with E-state index in [0.717, 1.165) is 16.7 Å². The van der Waals surface area contributed by atoms with E-state index >= 15 is 0 Å². The van der Waals surface area contributed by atoms with E-state index < -0.39 is 0 Å². The lowest BCUT2D eigenvalue weighted by Gasteiger charge is -2.23. The Balaban J connectivity index is 1.82. The summed E-state index contributed by atoms with van der Waals surface area (Å²) in [6.07, 6.45) is 0. The third-order valence-electron chi connectivity index (χ3n) is 2.61.